The fourth-order valence-electron chi connectivity index (χ4n) is 2.08. The second-order valence-corrected chi connectivity index (χ2v) is 4.82. The number of methoxy groups -OCH3 is 1. The van der Waals surface area contributed by atoms with Crippen molar-refractivity contribution in [3.05, 3.63) is 53.7 Å². The molecule has 0 saturated carbocycles. The zero-order chi connectivity index (χ0) is 16.5. The van der Waals surface area contributed by atoms with Gasteiger partial charge in [-0.2, -0.15) is 0 Å². The zero-order valence-corrected chi connectivity index (χ0v) is 13.5. The van der Waals surface area contributed by atoms with Crippen LogP contribution in [0.1, 0.15) is 18.1 Å². The molecule has 1 aromatic carbocycles. The van der Waals surface area contributed by atoms with Crippen LogP contribution < -0.4 is 15.8 Å². The minimum Gasteiger partial charge on any atom is -0.478 e. The lowest BCUT2D eigenvalue weighted by Gasteiger charge is -2.11. The van der Waals surface area contributed by atoms with Crippen LogP contribution in [-0.2, 0) is 17.9 Å². The second-order valence-electron chi connectivity index (χ2n) is 4.82. The molecule has 122 valence electrons. The SMILES string of the molecule is CCOc1ncccc1CN=C(N)Nc1ccccc1COC. The summed E-state index contributed by atoms with van der Waals surface area (Å²) >= 11 is 0. The van der Waals surface area contributed by atoms with E-state index in [0.29, 0.717) is 31.6 Å². The van der Waals surface area contributed by atoms with Gasteiger partial charge in [0.25, 0.3) is 0 Å². The lowest BCUT2D eigenvalue weighted by Crippen LogP contribution is -2.23. The predicted molar refractivity (Wildman–Crippen MR) is 91.5 cm³/mol. The summed E-state index contributed by atoms with van der Waals surface area (Å²) < 4.78 is 10.7. The lowest BCUT2D eigenvalue weighted by atomic mass is 10.2. The van der Waals surface area contributed by atoms with Crippen LogP contribution in [0, 0.1) is 0 Å². The number of nitrogens with one attached hydrogen (secondary N) is 1. The molecule has 0 unspecified atom stereocenters. The highest BCUT2D eigenvalue weighted by Gasteiger charge is 2.05. The number of ether oxygens (including phenoxy) is 2. The maximum Gasteiger partial charge on any atom is 0.218 e. The fourth-order valence-corrected chi connectivity index (χ4v) is 2.08. The van der Waals surface area contributed by atoms with Crippen LogP contribution in [0.3, 0.4) is 0 Å². The van der Waals surface area contributed by atoms with Crippen molar-refractivity contribution in [2.24, 2.45) is 10.7 Å². The van der Waals surface area contributed by atoms with Crippen molar-refractivity contribution in [3.8, 4) is 5.88 Å². The van der Waals surface area contributed by atoms with E-state index >= 15 is 0 Å². The number of anilines is 1. The van der Waals surface area contributed by atoms with Crippen LogP contribution in [0.4, 0.5) is 5.69 Å². The van der Waals surface area contributed by atoms with E-state index in [4.69, 9.17) is 15.2 Å². The lowest BCUT2D eigenvalue weighted by molar-refractivity contribution is 0.185. The molecule has 0 saturated heterocycles. The topological polar surface area (TPSA) is 81.8 Å². The molecular weight excluding hydrogens is 292 g/mol. The maximum atomic E-state index is 5.98. The molecule has 0 atom stereocenters. The van der Waals surface area contributed by atoms with Crippen molar-refractivity contribution in [2.75, 3.05) is 19.0 Å². The van der Waals surface area contributed by atoms with Crippen LogP contribution in [0.15, 0.2) is 47.6 Å². The van der Waals surface area contributed by atoms with E-state index in [9.17, 15) is 0 Å². The van der Waals surface area contributed by atoms with Crippen molar-refractivity contribution in [1.29, 1.82) is 0 Å². The van der Waals surface area contributed by atoms with Gasteiger partial charge in [0, 0.05) is 30.1 Å². The van der Waals surface area contributed by atoms with Gasteiger partial charge in [-0.25, -0.2) is 9.98 Å². The Balaban J connectivity index is 2.07. The van der Waals surface area contributed by atoms with Crippen molar-refractivity contribution >= 4 is 11.6 Å². The Morgan fingerprint density at radius 3 is 2.78 bits per heavy atom. The van der Waals surface area contributed by atoms with E-state index in [1.165, 1.54) is 0 Å². The quantitative estimate of drug-likeness (QED) is 0.606. The standard InChI is InChI=1S/C17H22N4O2/c1-3-23-16-13(8-6-10-19-16)11-20-17(18)21-15-9-5-4-7-14(15)12-22-2/h4-10H,3,11-12H2,1-2H3,(H3,18,20,21). The largest absolute Gasteiger partial charge is 0.478 e. The summed E-state index contributed by atoms with van der Waals surface area (Å²) in [5.41, 5.74) is 8.77. The van der Waals surface area contributed by atoms with Gasteiger partial charge >= 0.3 is 0 Å². The van der Waals surface area contributed by atoms with Crippen molar-refractivity contribution < 1.29 is 9.47 Å². The first-order chi connectivity index (χ1) is 11.2. The highest BCUT2D eigenvalue weighted by Crippen LogP contribution is 2.17. The van der Waals surface area contributed by atoms with Gasteiger partial charge in [-0.15, -0.1) is 0 Å². The van der Waals surface area contributed by atoms with E-state index < -0.39 is 0 Å². The molecule has 3 N–H and O–H groups in total. The number of para-hydroxylation sites is 1. The Morgan fingerprint density at radius 1 is 1.22 bits per heavy atom. The molecule has 0 amide bonds. The van der Waals surface area contributed by atoms with E-state index in [1.54, 1.807) is 13.3 Å². The Bertz CT molecular complexity index is 659. The van der Waals surface area contributed by atoms with Gasteiger partial charge in [0.2, 0.25) is 5.88 Å². The summed E-state index contributed by atoms with van der Waals surface area (Å²) in [4.78, 5) is 8.56. The van der Waals surface area contributed by atoms with E-state index in [-0.39, 0.29) is 0 Å². The predicted octanol–water partition coefficient (Wildman–Crippen LogP) is 2.55. The third-order valence-corrected chi connectivity index (χ3v) is 3.13. The minimum atomic E-state index is 0.333. The molecule has 0 aliphatic carbocycles. The monoisotopic (exact) mass is 314 g/mol. The highest BCUT2D eigenvalue weighted by atomic mass is 16.5. The van der Waals surface area contributed by atoms with E-state index in [2.05, 4.69) is 15.3 Å². The molecule has 1 aromatic heterocycles. The number of hydrogen-bond donors (Lipinski definition) is 2. The number of aliphatic imine (C=N–C) groups is 1. The normalized spacial score (nSPS) is 11.3. The number of nitrogens with two attached hydrogens (primary N) is 1. The first kappa shape index (κ1) is 16.8. The molecule has 0 bridgehead atoms. The number of rotatable bonds is 7. The van der Waals surface area contributed by atoms with Gasteiger partial charge in [0.15, 0.2) is 5.96 Å². The fraction of sp³-hybridized carbons (Fsp3) is 0.294. The Kier molecular flexibility index (Phi) is 6.38. The Hall–Kier alpha value is -2.60. The summed E-state index contributed by atoms with van der Waals surface area (Å²) in [6.07, 6.45) is 1.70. The first-order valence-corrected chi connectivity index (χ1v) is 7.45. The summed E-state index contributed by atoms with van der Waals surface area (Å²) in [5.74, 6) is 0.922. The molecule has 2 rings (SSSR count). The average molecular weight is 314 g/mol. The van der Waals surface area contributed by atoms with Crippen LogP contribution in [0.2, 0.25) is 0 Å². The van der Waals surface area contributed by atoms with Gasteiger partial charge < -0.3 is 20.5 Å². The number of aromatic nitrogens is 1. The van der Waals surface area contributed by atoms with E-state index in [0.717, 1.165) is 16.8 Å². The zero-order valence-electron chi connectivity index (χ0n) is 13.5. The molecule has 0 fully saturated rings. The average Bonchev–Trinajstić information content (AvgIpc) is 2.56. The van der Waals surface area contributed by atoms with Crippen LogP contribution >= 0.6 is 0 Å². The summed E-state index contributed by atoms with van der Waals surface area (Å²) in [5, 5.41) is 3.10. The summed E-state index contributed by atoms with van der Waals surface area (Å²) in [6.45, 7) is 3.39. The van der Waals surface area contributed by atoms with Crippen molar-refractivity contribution in [3.63, 3.8) is 0 Å². The summed E-state index contributed by atoms with van der Waals surface area (Å²) in [7, 11) is 1.66. The Labute approximate surface area is 136 Å². The smallest absolute Gasteiger partial charge is 0.218 e. The number of nitrogens with zero attached hydrogens (tertiary/aromatic N) is 2. The molecule has 0 spiro atoms. The second kappa shape index (κ2) is 8.75. The Morgan fingerprint density at radius 2 is 2.00 bits per heavy atom. The van der Waals surface area contributed by atoms with Gasteiger partial charge in [-0.3, -0.25) is 0 Å². The number of benzene rings is 1. The van der Waals surface area contributed by atoms with Gasteiger partial charge in [0.05, 0.1) is 19.8 Å². The molecule has 6 nitrogen and oxygen atoms in total. The molecule has 0 aliphatic heterocycles. The first-order valence-electron chi connectivity index (χ1n) is 7.45. The van der Waals surface area contributed by atoms with Gasteiger partial charge in [0.1, 0.15) is 0 Å². The van der Waals surface area contributed by atoms with E-state index in [1.807, 2.05) is 43.3 Å². The van der Waals surface area contributed by atoms with Crippen molar-refractivity contribution in [1.82, 2.24) is 4.98 Å². The highest BCUT2D eigenvalue weighted by molar-refractivity contribution is 5.92. The molecular formula is C17H22N4O2. The molecule has 1 heterocycles. The third kappa shape index (κ3) is 4.96. The van der Waals surface area contributed by atoms with Crippen molar-refractivity contribution in [2.45, 2.75) is 20.1 Å². The van der Waals surface area contributed by atoms with Crippen LogP contribution in [0.25, 0.3) is 0 Å². The minimum absolute atomic E-state index is 0.333. The van der Waals surface area contributed by atoms with Crippen LogP contribution in [-0.4, -0.2) is 24.7 Å². The number of guanidine groups is 1. The third-order valence-electron chi connectivity index (χ3n) is 3.13. The number of hydrogen-bond acceptors (Lipinski definition) is 4. The van der Waals surface area contributed by atoms with Gasteiger partial charge in [-0.05, 0) is 19.1 Å². The molecule has 0 aliphatic rings. The number of pyridine rings is 1. The maximum absolute atomic E-state index is 5.98. The molecule has 23 heavy (non-hydrogen) atoms. The molecule has 0 radical (unpaired) electrons. The van der Waals surface area contributed by atoms with Crippen LogP contribution in [0.5, 0.6) is 5.88 Å². The molecule has 6 heteroatoms. The summed E-state index contributed by atoms with van der Waals surface area (Å²) in [6, 6.07) is 11.6. The van der Waals surface area contributed by atoms with Gasteiger partial charge in [-0.1, -0.05) is 24.3 Å². The molecule has 2 aromatic rings.